The van der Waals surface area contributed by atoms with Crippen molar-refractivity contribution in [3.8, 4) is 5.69 Å². The van der Waals surface area contributed by atoms with Gasteiger partial charge in [-0.05, 0) is 44.2 Å². The highest BCUT2D eigenvalue weighted by Gasteiger charge is 2.08. The highest BCUT2D eigenvalue weighted by Crippen LogP contribution is 2.23. The quantitative estimate of drug-likeness (QED) is 0.918. The van der Waals surface area contributed by atoms with Crippen LogP contribution in [0.5, 0.6) is 0 Å². The van der Waals surface area contributed by atoms with Gasteiger partial charge < -0.3 is 5.32 Å². The summed E-state index contributed by atoms with van der Waals surface area (Å²) in [5.41, 5.74) is 4.21. The van der Waals surface area contributed by atoms with E-state index in [2.05, 4.69) is 23.4 Å². The number of aromatic nitrogens is 2. The molecule has 2 aromatic rings. The molecule has 2 rings (SSSR count). The van der Waals surface area contributed by atoms with Gasteiger partial charge in [0.15, 0.2) is 0 Å². The molecule has 0 aliphatic heterocycles. The SMILES string of the molecule is CCNCc1ccc(-n2nc(C)cc2C)c(Cl)c1. The predicted octanol–water partition coefficient (Wildman–Crippen LogP) is 3.25. The van der Waals surface area contributed by atoms with E-state index in [0.29, 0.717) is 0 Å². The first-order chi connectivity index (χ1) is 8.61. The summed E-state index contributed by atoms with van der Waals surface area (Å²) in [4.78, 5) is 0. The second kappa shape index (κ2) is 5.55. The van der Waals surface area contributed by atoms with Gasteiger partial charge in [0.1, 0.15) is 0 Å². The average molecular weight is 264 g/mol. The van der Waals surface area contributed by atoms with Gasteiger partial charge in [0.25, 0.3) is 0 Å². The first-order valence-corrected chi connectivity index (χ1v) is 6.52. The summed E-state index contributed by atoms with van der Waals surface area (Å²) in [6.07, 6.45) is 0. The Bertz CT molecular complexity index is 546. The Morgan fingerprint density at radius 1 is 1.28 bits per heavy atom. The second-order valence-electron chi connectivity index (χ2n) is 4.40. The molecule has 0 amide bonds. The van der Waals surface area contributed by atoms with Gasteiger partial charge in [-0.15, -0.1) is 0 Å². The number of benzene rings is 1. The van der Waals surface area contributed by atoms with E-state index in [1.54, 1.807) is 0 Å². The number of nitrogens with zero attached hydrogens (tertiary/aromatic N) is 2. The van der Waals surface area contributed by atoms with Crippen molar-refractivity contribution in [1.82, 2.24) is 15.1 Å². The summed E-state index contributed by atoms with van der Waals surface area (Å²) in [7, 11) is 0. The molecule has 0 atom stereocenters. The predicted molar refractivity (Wildman–Crippen MR) is 75.4 cm³/mol. The summed E-state index contributed by atoms with van der Waals surface area (Å²) < 4.78 is 1.88. The highest BCUT2D eigenvalue weighted by atomic mass is 35.5. The van der Waals surface area contributed by atoms with Crippen LogP contribution in [0.3, 0.4) is 0 Å². The number of aryl methyl sites for hydroxylation is 2. The minimum atomic E-state index is 0.733. The lowest BCUT2D eigenvalue weighted by Crippen LogP contribution is -2.11. The fraction of sp³-hybridized carbons (Fsp3) is 0.357. The number of hydrogen-bond donors (Lipinski definition) is 1. The standard InChI is InChI=1S/C14H18ClN3/c1-4-16-9-12-5-6-14(13(15)8-12)18-11(3)7-10(2)17-18/h5-8,16H,4,9H2,1-3H3. The van der Waals surface area contributed by atoms with E-state index in [4.69, 9.17) is 11.6 Å². The van der Waals surface area contributed by atoms with Crippen molar-refractivity contribution in [2.45, 2.75) is 27.3 Å². The van der Waals surface area contributed by atoms with Crippen LogP contribution in [0.25, 0.3) is 5.69 Å². The van der Waals surface area contributed by atoms with Gasteiger partial charge >= 0.3 is 0 Å². The Hall–Kier alpha value is -1.32. The van der Waals surface area contributed by atoms with E-state index in [1.807, 2.05) is 36.7 Å². The van der Waals surface area contributed by atoms with E-state index in [-0.39, 0.29) is 0 Å². The number of halogens is 1. The lowest BCUT2D eigenvalue weighted by Gasteiger charge is -2.09. The van der Waals surface area contributed by atoms with Crippen molar-refractivity contribution in [3.63, 3.8) is 0 Å². The molecule has 4 heteroatoms. The van der Waals surface area contributed by atoms with Gasteiger partial charge in [-0.25, -0.2) is 4.68 Å². The topological polar surface area (TPSA) is 29.9 Å². The Labute approximate surface area is 113 Å². The number of rotatable bonds is 4. The molecule has 96 valence electrons. The van der Waals surface area contributed by atoms with Crippen molar-refractivity contribution in [3.05, 3.63) is 46.2 Å². The van der Waals surface area contributed by atoms with Crippen molar-refractivity contribution < 1.29 is 0 Å². The molecule has 0 bridgehead atoms. The summed E-state index contributed by atoms with van der Waals surface area (Å²) in [6, 6.07) is 8.15. The Morgan fingerprint density at radius 2 is 2.06 bits per heavy atom. The van der Waals surface area contributed by atoms with Gasteiger partial charge in [0.05, 0.1) is 16.4 Å². The molecule has 1 aromatic carbocycles. The molecule has 1 aromatic heterocycles. The van der Waals surface area contributed by atoms with E-state index in [9.17, 15) is 0 Å². The molecule has 0 aliphatic carbocycles. The van der Waals surface area contributed by atoms with Crippen LogP contribution in [0.2, 0.25) is 5.02 Å². The fourth-order valence-electron chi connectivity index (χ4n) is 1.97. The Balaban J connectivity index is 2.32. The molecule has 0 saturated carbocycles. The zero-order valence-electron chi connectivity index (χ0n) is 11.0. The summed E-state index contributed by atoms with van der Waals surface area (Å²) in [5.74, 6) is 0. The van der Waals surface area contributed by atoms with Crippen LogP contribution in [0.15, 0.2) is 24.3 Å². The summed E-state index contributed by atoms with van der Waals surface area (Å²) in [5, 5.41) is 8.47. The highest BCUT2D eigenvalue weighted by molar-refractivity contribution is 6.32. The minimum Gasteiger partial charge on any atom is -0.313 e. The molecule has 0 aliphatic rings. The first kappa shape index (κ1) is 13.1. The number of nitrogens with one attached hydrogen (secondary N) is 1. The van der Waals surface area contributed by atoms with Crippen LogP contribution in [0, 0.1) is 13.8 Å². The molecule has 1 heterocycles. The molecule has 1 N–H and O–H groups in total. The van der Waals surface area contributed by atoms with Crippen LogP contribution in [-0.2, 0) is 6.54 Å². The minimum absolute atomic E-state index is 0.733. The van der Waals surface area contributed by atoms with Gasteiger partial charge in [0, 0.05) is 12.2 Å². The van der Waals surface area contributed by atoms with Crippen molar-refractivity contribution >= 4 is 11.6 Å². The largest absolute Gasteiger partial charge is 0.313 e. The third kappa shape index (κ3) is 2.74. The second-order valence-corrected chi connectivity index (χ2v) is 4.81. The maximum absolute atomic E-state index is 6.34. The van der Waals surface area contributed by atoms with Crippen LogP contribution in [0.1, 0.15) is 23.9 Å². The molecule has 0 fully saturated rings. The van der Waals surface area contributed by atoms with Gasteiger partial charge in [-0.2, -0.15) is 5.10 Å². The van der Waals surface area contributed by atoms with Crippen LogP contribution < -0.4 is 5.32 Å². The smallest absolute Gasteiger partial charge is 0.0835 e. The van der Waals surface area contributed by atoms with Crippen LogP contribution in [-0.4, -0.2) is 16.3 Å². The molecule has 3 nitrogen and oxygen atoms in total. The zero-order valence-corrected chi connectivity index (χ0v) is 11.8. The normalized spacial score (nSPS) is 10.9. The molecular formula is C14H18ClN3. The van der Waals surface area contributed by atoms with Crippen molar-refractivity contribution in [2.24, 2.45) is 0 Å². The average Bonchev–Trinajstić information content (AvgIpc) is 2.66. The van der Waals surface area contributed by atoms with E-state index >= 15 is 0 Å². The molecule has 0 radical (unpaired) electrons. The van der Waals surface area contributed by atoms with E-state index in [1.165, 1.54) is 5.56 Å². The maximum Gasteiger partial charge on any atom is 0.0835 e. The molecule has 0 unspecified atom stereocenters. The Kier molecular flexibility index (Phi) is 4.04. The Morgan fingerprint density at radius 3 is 2.61 bits per heavy atom. The first-order valence-electron chi connectivity index (χ1n) is 6.14. The number of hydrogen-bond acceptors (Lipinski definition) is 2. The van der Waals surface area contributed by atoms with Gasteiger partial charge in [0.2, 0.25) is 0 Å². The maximum atomic E-state index is 6.34. The van der Waals surface area contributed by atoms with Crippen LogP contribution >= 0.6 is 11.6 Å². The lowest BCUT2D eigenvalue weighted by molar-refractivity contribution is 0.726. The summed E-state index contributed by atoms with van der Waals surface area (Å²) >= 11 is 6.34. The molecular weight excluding hydrogens is 246 g/mol. The van der Waals surface area contributed by atoms with Gasteiger partial charge in [-0.3, -0.25) is 0 Å². The third-order valence-electron chi connectivity index (χ3n) is 2.83. The summed E-state index contributed by atoms with van der Waals surface area (Å²) in [6.45, 7) is 7.90. The monoisotopic (exact) mass is 263 g/mol. The third-order valence-corrected chi connectivity index (χ3v) is 3.13. The van der Waals surface area contributed by atoms with E-state index in [0.717, 1.165) is 35.2 Å². The molecule has 0 saturated heterocycles. The van der Waals surface area contributed by atoms with Crippen LogP contribution in [0.4, 0.5) is 0 Å². The van der Waals surface area contributed by atoms with Crippen molar-refractivity contribution in [2.75, 3.05) is 6.54 Å². The zero-order chi connectivity index (χ0) is 13.1. The van der Waals surface area contributed by atoms with Crippen molar-refractivity contribution in [1.29, 1.82) is 0 Å². The van der Waals surface area contributed by atoms with Gasteiger partial charge in [-0.1, -0.05) is 24.6 Å². The molecule has 0 spiro atoms. The molecule has 18 heavy (non-hydrogen) atoms. The lowest BCUT2D eigenvalue weighted by atomic mass is 10.2. The van der Waals surface area contributed by atoms with E-state index < -0.39 is 0 Å². The fourth-order valence-corrected chi connectivity index (χ4v) is 2.26.